The molecule has 0 bridgehead atoms. The summed E-state index contributed by atoms with van der Waals surface area (Å²) in [5.41, 5.74) is 1.87. The van der Waals surface area contributed by atoms with E-state index in [0.29, 0.717) is 6.54 Å². The summed E-state index contributed by atoms with van der Waals surface area (Å²) >= 11 is 1.54. The molecule has 4 nitrogen and oxygen atoms in total. The maximum atomic E-state index is 12.3. The summed E-state index contributed by atoms with van der Waals surface area (Å²) in [5, 5.41) is 10.7. The number of ether oxygens (including phenoxy) is 1. The Morgan fingerprint density at radius 2 is 2.00 bits per heavy atom. The fourth-order valence-corrected chi connectivity index (χ4v) is 3.80. The summed E-state index contributed by atoms with van der Waals surface area (Å²) in [4.78, 5) is 12.3. The van der Waals surface area contributed by atoms with Crippen LogP contribution in [-0.2, 0) is 4.74 Å². The van der Waals surface area contributed by atoms with Gasteiger partial charge in [-0.05, 0) is 36.8 Å². The molecular weight excluding hydrogens is 320 g/mol. The van der Waals surface area contributed by atoms with E-state index in [9.17, 15) is 4.79 Å². The van der Waals surface area contributed by atoms with Crippen LogP contribution in [0.15, 0.2) is 47.2 Å². The lowest BCUT2D eigenvalue weighted by atomic mass is 9.88. The van der Waals surface area contributed by atoms with Crippen molar-refractivity contribution in [2.45, 2.75) is 31.3 Å². The summed E-state index contributed by atoms with van der Waals surface area (Å²) in [6, 6.07) is 12.5. The van der Waals surface area contributed by atoms with Gasteiger partial charge in [-0.3, -0.25) is 4.79 Å². The second kappa shape index (κ2) is 7.92. The van der Waals surface area contributed by atoms with Crippen LogP contribution in [-0.4, -0.2) is 31.2 Å². The molecule has 1 aliphatic heterocycles. The van der Waals surface area contributed by atoms with Crippen LogP contribution in [0.4, 0.5) is 0 Å². The Morgan fingerprint density at radius 3 is 2.67 bits per heavy atom. The van der Waals surface area contributed by atoms with E-state index in [-0.39, 0.29) is 17.5 Å². The van der Waals surface area contributed by atoms with Crippen molar-refractivity contribution in [2.75, 3.05) is 19.8 Å². The van der Waals surface area contributed by atoms with E-state index in [0.717, 1.165) is 31.6 Å². The zero-order valence-electron chi connectivity index (χ0n) is 14.0. The van der Waals surface area contributed by atoms with E-state index in [1.54, 1.807) is 0 Å². The van der Waals surface area contributed by atoms with Gasteiger partial charge in [0.25, 0.3) is 5.91 Å². The number of thiophene rings is 1. The molecule has 0 aliphatic carbocycles. The Balaban J connectivity index is 1.67. The molecule has 2 heterocycles. The van der Waals surface area contributed by atoms with Crippen molar-refractivity contribution in [1.29, 1.82) is 0 Å². The Morgan fingerprint density at radius 1 is 1.25 bits per heavy atom. The average Bonchev–Trinajstić information content (AvgIpc) is 3.16. The van der Waals surface area contributed by atoms with Crippen molar-refractivity contribution in [3.63, 3.8) is 0 Å². The molecule has 1 aromatic carbocycles. The van der Waals surface area contributed by atoms with Gasteiger partial charge >= 0.3 is 0 Å². The molecule has 128 valence electrons. The van der Waals surface area contributed by atoms with Crippen LogP contribution in [0.1, 0.15) is 41.7 Å². The number of hydrogen-bond donors (Lipinski definition) is 2. The van der Waals surface area contributed by atoms with E-state index >= 15 is 0 Å². The molecule has 0 spiro atoms. The molecule has 3 rings (SSSR count). The van der Waals surface area contributed by atoms with Crippen molar-refractivity contribution >= 4 is 17.2 Å². The van der Waals surface area contributed by atoms with Gasteiger partial charge in [0.1, 0.15) is 0 Å². The number of benzene rings is 1. The monoisotopic (exact) mass is 344 g/mol. The number of carbonyl (C=O) groups excluding carboxylic acids is 1. The highest BCUT2D eigenvalue weighted by molar-refractivity contribution is 7.08. The molecule has 0 radical (unpaired) electrons. The molecular formula is C19H24N2O2S. The maximum Gasteiger partial charge on any atom is 0.252 e. The highest BCUT2D eigenvalue weighted by Gasteiger charge is 2.34. The minimum absolute atomic E-state index is 0.00344. The SMILES string of the molecule is C[C@H](NC1(CNC(=O)c2ccsc2)CCOCC1)c1ccccc1. The molecule has 1 atom stereocenters. The lowest BCUT2D eigenvalue weighted by molar-refractivity contribution is 0.0332. The number of nitrogens with one attached hydrogen (secondary N) is 2. The van der Waals surface area contributed by atoms with E-state index in [4.69, 9.17) is 4.74 Å². The first-order valence-electron chi connectivity index (χ1n) is 8.39. The normalized spacial score (nSPS) is 18.0. The fourth-order valence-electron chi connectivity index (χ4n) is 3.16. The van der Waals surface area contributed by atoms with Crippen LogP contribution in [0.2, 0.25) is 0 Å². The fraction of sp³-hybridized carbons (Fsp3) is 0.421. The predicted molar refractivity (Wildman–Crippen MR) is 97.4 cm³/mol. The summed E-state index contributed by atoms with van der Waals surface area (Å²) in [5.74, 6) is -0.00344. The van der Waals surface area contributed by atoms with Crippen molar-refractivity contribution in [2.24, 2.45) is 0 Å². The Hall–Kier alpha value is -1.69. The highest BCUT2D eigenvalue weighted by atomic mass is 32.1. The lowest BCUT2D eigenvalue weighted by Gasteiger charge is -2.40. The minimum atomic E-state index is -0.126. The van der Waals surface area contributed by atoms with Crippen LogP contribution in [0.3, 0.4) is 0 Å². The highest BCUT2D eigenvalue weighted by Crippen LogP contribution is 2.25. The second-order valence-electron chi connectivity index (χ2n) is 6.36. The summed E-state index contributed by atoms with van der Waals surface area (Å²) in [6.45, 7) is 4.24. The van der Waals surface area contributed by atoms with E-state index < -0.39 is 0 Å². The van der Waals surface area contributed by atoms with Gasteiger partial charge in [-0.1, -0.05) is 30.3 Å². The number of hydrogen-bond acceptors (Lipinski definition) is 4. The molecule has 5 heteroatoms. The number of amides is 1. The van der Waals surface area contributed by atoms with Crippen molar-refractivity contribution < 1.29 is 9.53 Å². The quantitative estimate of drug-likeness (QED) is 0.845. The third kappa shape index (κ3) is 4.23. The molecule has 1 saturated heterocycles. The Kier molecular flexibility index (Phi) is 5.66. The first-order chi connectivity index (χ1) is 11.7. The van der Waals surface area contributed by atoms with E-state index in [2.05, 4.69) is 41.8 Å². The molecule has 1 fully saturated rings. The van der Waals surface area contributed by atoms with Crippen LogP contribution >= 0.6 is 11.3 Å². The van der Waals surface area contributed by atoms with Gasteiger partial charge in [0.15, 0.2) is 0 Å². The second-order valence-corrected chi connectivity index (χ2v) is 7.14. The van der Waals surface area contributed by atoms with Gasteiger partial charge < -0.3 is 15.4 Å². The molecule has 2 aromatic rings. The van der Waals surface area contributed by atoms with Crippen molar-refractivity contribution in [1.82, 2.24) is 10.6 Å². The zero-order chi connectivity index (χ0) is 16.8. The van der Waals surface area contributed by atoms with E-state index in [1.165, 1.54) is 16.9 Å². The van der Waals surface area contributed by atoms with E-state index in [1.807, 2.05) is 22.9 Å². The third-order valence-electron chi connectivity index (χ3n) is 4.64. The van der Waals surface area contributed by atoms with Gasteiger partial charge in [0.05, 0.1) is 0 Å². The van der Waals surface area contributed by atoms with Crippen LogP contribution in [0.25, 0.3) is 0 Å². The average molecular weight is 344 g/mol. The van der Waals surface area contributed by atoms with Gasteiger partial charge in [-0.25, -0.2) is 0 Å². The molecule has 1 aliphatic rings. The lowest BCUT2D eigenvalue weighted by Crippen LogP contribution is -2.57. The minimum Gasteiger partial charge on any atom is -0.381 e. The van der Waals surface area contributed by atoms with Gasteiger partial charge in [0, 0.05) is 42.3 Å². The predicted octanol–water partition coefficient (Wildman–Crippen LogP) is 3.38. The standard InChI is InChI=1S/C19H24N2O2S/c1-15(16-5-3-2-4-6-16)21-19(8-10-23-11-9-19)14-20-18(22)17-7-12-24-13-17/h2-7,12-13,15,21H,8-11,14H2,1H3,(H,20,22)/t15-/m0/s1. The largest absolute Gasteiger partial charge is 0.381 e. The van der Waals surface area contributed by atoms with Crippen molar-refractivity contribution in [3.8, 4) is 0 Å². The summed E-state index contributed by atoms with van der Waals surface area (Å²) in [6.07, 6.45) is 1.79. The molecule has 0 unspecified atom stereocenters. The van der Waals surface area contributed by atoms with Gasteiger partial charge in [-0.2, -0.15) is 11.3 Å². The molecule has 1 amide bonds. The van der Waals surface area contributed by atoms with Gasteiger partial charge in [-0.15, -0.1) is 0 Å². The first kappa shape index (κ1) is 17.1. The van der Waals surface area contributed by atoms with Crippen LogP contribution in [0.5, 0.6) is 0 Å². The maximum absolute atomic E-state index is 12.3. The zero-order valence-corrected chi connectivity index (χ0v) is 14.8. The number of rotatable bonds is 6. The molecule has 2 N–H and O–H groups in total. The summed E-state index contributed by atoms with van der Waals surface area (Å²) in [7, 11) is 0. The molecule has 24 heavy (non-hydrogen) atoms. The molecule has 0 saturated carbocycles. The number of carbonyl (C=O) groups is 1. The van der Waals surface area contributed by atoms with Crippen LogP contribution in [0, 0.1) is 0 Å². The van der Waals surface area contributed by atoms with Crippen molar-refractivity contribution in [3.05, 3.63) is 58.3 Å². The van der Waals surface area contributed by atoms with Crippen LogP contribution < -0.4 is 10.6 Å². The third-order valence-corrected chi connectivity index (χ3v) is 5.33. The smallest absolute Gasteiger partial charge is 0.252 e. The molecule has 1 aromatic heterocycles. The first-order valence-corrected chi connectivity index (χ1v) is 9.34. The van der Waals surface area contributed by atoms with Gasteiger partial charge in [0.2, 0.25) is 0 Å². The summed E-state index contributed by atoms with van der Waals surface area (Å²) < 4.78 is 5.54. The Labute approximate surface area is 147 Å². The topological polar surface area (TPSA) is 50.4 Å². The Bertz CT molecular complexity index is 637.